The first-order chi connectivity index (χ1) is 9.89. The number of nitrogens with zero attached hydrogens (tertiary/aromatic N) is 1. The molecule has 3 N–H and O–H groups in total. The van der Waals surface area contributed by atoms with Gasteiger partial charge < -0.3 is 11.1 Å². The van der Waals surface area contributed by atoms with Crippen LogP contribution in [0.2, 0.25) is 0 Å². The maximum absolute atomic E-state index is 12.4. The zero-order valence-electron chi connectivity index (χ0n) is 12.7. The van der Waals surface area contributed by atoms with Crippen LogP contribution in [0, 0.1) is 6.92 Å². The third-order valence-corrected chi connectivity index (χ3v) is 3.58. The second-order valence-electron chi connectivity index (χ2n) is 5.70. The number of nitrogens with one attached hydrogen (secondary N) is 1. The number of hydrogen-bond acceptors (Lipinski definition) is 3. The summed E-state index contributed by atoms with van der Waals surface area (Å²) < 4.78 is 0. The first-order valence-electron chi connectivity index (χ1n) is 6.96. The van der Waals surface area contributed by atoms with Crippen LogP contribution in [0.15, 0.2) is 42.5 Å². The molecule has 0 aliphatic carbocycles. The van der Waals surface area contributed by atoms with Gasteiger partial charge in [0.25, 0.3) is 0 Å². The number of pyridine rings is 1. The number of anilines is 1. The molecule has 1 aromatic carbocycles. The first-order valence-corrected chi connectivity index (χ1v) is 6.96. The van der Waals surface area contributed by atoms with Crippen molar-refractivity contribution in [2.24, 2.45) is 0 Å². The van der Waals surface area contributed by atoms with Crippen molar-refractivity contribution in [3.8, 4) is 0 Å². The number of aryl methyl sites for hydroxylation is 1. The van der Waals surface area contributed by atoms with Crippen LogP contribution in [0.1, 0.15) is 30.8 Å². The van der Waals surface area contributed by atoms with E-state index in [9.17, 15) is 4.79 Å². The van der Waals surface area contributed by atoms with Crippen molar-refractivity contribution in [3.05, 3.63) is 59.4 Å². The smallest absolute Gasteiger partial charge is 0.230 e. The minimum atomic E-state index is -0.614. The molecule has 0 fully saturated rings. The van der Waals surface area contributed by atoms with Gasteiger partial charge in [-0.2, -0.15) is 0 Å². The Morgan fingerprint density at radius 3 is 2.48 bits per heavy atom. The van der Waals surface area contributed by atoms with Gasteiger partial charge in [0.1, 0.15) is 0 Å². The maximum atomic E-state index is 12.4. The van der Waals surface area contributed by atoms with Crippen LogP contribution < -0.4 is 11.1 Å². The van der Waals surface area contributed by atoms with Gasteiger partial charge in [0.2, 0.25) is 5.91 Å². The second kappa shape index (κ2) is 5.95. The summed E-state index contributed by atoms with van der Waals surface area (Å²) in [6, 6.07) is 13.2. The monoisotopic (exact) mass is 283 g/mol. The Hall–Kier alpha value is -2.36. The molecule has 1 aromatic heterocycles. The van der Waals surface area contributed by atoms with E-state index >= 15 is 0 Å². The molecular formula is C17H21N3O. The standard InChI is InChI=1S/C17H21N3O/c1-12-5-4-6-15(20-12)11-19-16(21)17(2,3)13-7-9-14(18)10-8-13/h4-10H,11,18H2,1-3H3,(H,19,21). The van der Waals surface area contributed by atoms with Crippen molar-refractivity contribution in [3.63, 3.8) is 0 Å². The molecule has 0 bridgehead atoms. The van der Waals surface area contributed by atoms with E-state index in [1.807, 2.05) is 63.2 Å². The number of nitrogens with two attached hydrogens (primary N) is 1. The molecular weight excluding hydrogens is 262 g/mol. The number of carbonyl (C=O) groups is 1. The van der Waals surface area contributed by atoms with Gasteiger partial charge in [0, 0.05) is 11.4 Å². The lowest BCUT2D eigenvalue weighted by molar-refractivity contribution is -0.125. The highest BCUT2D eigenvalue weighted by Crippen LogP contribution is 2.24. The van der Waals surface area contributed by atoms with Crippen LogP contribution in [-0.2, 0) is 16.8 Å². The van der Waals surface area contributed by atoms with E-state index in [0.29, 0.717) is 12.2 Å². The fourth-order valence-electron chi connectivity index (χ4n) is 2.12. The largest absolute Gasteiger partial charge is 0.399 e. The Balaban J connectivity index is 2.06. The molecule has 110 valence electrons. The maximum Gasteiger partial charge on any atom is 0.230 e. The summed E-state index contributed by atoms with van der Waals surface area (Å²) in [6.45, 7) is 6.16. The number of benzene rings is 1. The molecule has 2 rings (SSSR count). The molecule has 1 amide bonds. The van der Waals surface area contributed by atoms with Gasteiger partial charge in [-0.15, -0.1) is 0 Å². The van der Waals surface area contributed by atoms with E-state index in [1.54, 1.807) is 0 Å². The Morgan fingerprint density at radius 1 is 1.19 bits per heavy atom. The van der Waals surface area contributed by atoms with Crippen LogP contribution in [0.3, 0.4) is 0 Å². The fourth-order valence-corrected chi connectivity index (χ4v) is 2.12. The highest BCUT2D eigenvalue weighted by Gasteiger charge is 2.29. The lowest BCUT2D eigenvalue weighted by Gasteiger charge is -2.24. The molecule has 4 heteroatoms. The molecule has 1 heterocycles. The summed E-state index contributed by atoms with van der Waals surface area (Å²) >= 11 is 0. The summed E-state index contributed by atoms with van der Waals surface area (Å²) in [5.41, 5.74) is 8.50. The molecule has 21 heavy (non-hydrogen) atoms. The Morgan fingerprint density at radius 2 is 1.86 bits per heavy atom. The molecule has 0 aliphatic heterocycles. The summed E-state index contributed by atoms with van der Waals surface area (Å²) in [5, 5.41) is 2.95. The lowest BCUT2D eigenvalue weighted by Crippen LogP contribution is -2.39. The highest BCUT2D eigenvalue weighted by atomic mass is 16.2. The fraction of sp³-hybridized carbons (Fsp3) is 0.294. The third-order valence-electron chi connectivity index (χ3n) is 3.58. The van der Waals surface area contributed by atoms with Crippen LogP contribution in [0.25, 0.3) is 0 Å². The van der Waals surface area contributed by atoms with Gasteiger partial charge in [-0.1, -0.05) is 18.2 Å². The van der Waals surface area contributed by atoms with Crippen molar-refractivity contribution in [1.82, 2.24) is 10.3 Å². The van der Waals surface area contributed by atoms with Crippen molar-refractivity contribution in [2.75, 3.05) is 5.73 Å². The van der Waals surface area contributed by atoms with Gasteiger partial charge in [-0.3, -0.25) is 9.78 Å². The average molecular weight is 283 g/mol. The molecule has 0 aliphatic rings. The van der Waals surface area contributed by atoms with Crippen LogP contribution >= 0.6 is 0 Å². The second-order valence-corrected chi connectivity index (χ2v) is 5.70. The molecule has 0 atom stereocenters. The van der Waals surface area contributed by atoms with Gasteiger partial charge in [0.15, 0.2) is 0 Å². The van der Waals surface area contributed by atoms with Crippen molar-refractivity contribution >= 4 is 11.6 Å². The average Bonchev–Trinajstić information content (AvgIpc) is 2.45. The summed E-state index contributed by atoms with van der Waals surface area (Å²) in [6.07, 6.45) is 0. The van der Waals surface area contributed by atoms with E-state index in [4.69, 9.17) is 5.73 Å². The molecule has 0 saturated heterocycles. The van der Waals surface area contributed by atoms with Crippen LogP contribution in [0.5, 0.6) is 0 Å². The topological polar surface area (TPSA) is 68.0 Å². The highest BCUT2D eigenvalue weighted by molar-refractivity contribution is 5.87. The molecule has 2 aromatic rings. The van der Waals surface area contributed by atoms with Gasteiger partial charge in [-0.05, 0) is 50.6 Å². The van der Waals surface area contributed by atoms with Gasteiger partial charge >= 0.3 is 0 Å². The quantitative estimate of drug-likeness (QED) is 0.847. The van der Waals surface area contributed by atoms with Crippen LogP contribution in [-0.4, -0.2) is 10.9 Å². The Labute approximate surface area is 125 Å². The summed E-state index contributed by atoms with van der Waals surface area (Å²) in [4.78, 5) is 16.8. The first kappa shape index (κ1) is 15.0. The Bertz CT molecular complexity index is 633. The number of nitrogen functional groups attached to an aromatic ring is 1. The molecule has 4 nitrogen and oxygen atoms in total. The molecule has 0 unspecified atom stereocenters. The minimum absolute atomic E-state index is 0.0319. The van der Waals surface area contributed by atoms with E-state index in [1.165, 1.54) is 0 Å². The van der Waals surface area contributed by atoms with Crippen molar-refractivity contribution in [1.29, 1.82) is 0 Å². The number of carbonyl (C=O) groups excluding carboxylic acids is 1. The van der Waals surface area contributed by atoms with Gasteiger partial charge in [0.05, 0.1) is 17.7 Å². The predicted molar refractivity (Wildman–Crippen MR) is 84.7 cm³/mol. The number of hydrogen-bond donors (Lipinski definition) is 2. The zero-order valence-corrected chi connectivity index (χ0v) is 12.7. The zero-order chi connectivity index (χ0) is 15.5. The number of aromatic nitrogens is 1. The van der Waals surface area contributed by atoms with Gasteiger partial charge in [-0.25, -0.2) is 0 Å². The third kappa shape index (κ3) is 3.60. The predicted octanol–water partition coefficient (Wildman–Crippen LogP) is 2.57. The van der Waals surface area contributed by atoms with E-state index < -0.39 is 5.41 Å². The molecule has 0 radical (unpaired) electrons. The van der Waals surface area contributed by atoms with Crippen molar-refractivity contribution in [2.45, 2.75) is 32.7 Å². The SMILES string of the molecule is Cc1cccc(CNC(=O)C(C)(C)c2ccc(N)cc2)n1. The lowest BCUT2D eigenvalue weighted by atomic mass is 9.83. The number of amides is 1. The van der Waals surface area contributed by atoms with E-state index in [0.717, 1.165) is 17.0 Å². The van der Waals surface area contributed by atoms with Crippen LogP contribution in [0.4, 0.5) is 5.69 Å². The molecule has 0 spiro atoms. The Kier molecular flexibility index (Phi) is 4.26. The summed E-state index contributed by atoms with van der Waals surface area (Å²) in [5.74, 6) is -0.0319. The van der Waals surface area contributed by atoms with Crippen molar-refractivity contribution < 1.29 is 4.79 Å². The van der Waals surface area contributed by atoms with E-state index in [-0.39, 0.29) is 5.91 Å². The summed E-state index contributed by atoms with van der Waals surface area (Å²) in [7, 11) is 0. The normalized spacial score (nSPS) is 11.2. The number of rotatable bonds is 4. The molecule has 0 saturated carbocycles. The minimum Gasteiger partial charge on any atom is -0.399 e. The van der Waals surface area contributed by atoms with E-state index in [2.05, 4.69) is 10.3 Å².